The van der Waals surface area contributed by atoms with E-state index in [1.54, 1.807) is 6.92 Å². The van der Waals surface area contributed by atoms with Crippen molar-refractivity contribution in [2.45, 2.75) is 39.7 Å². The van der Waals surface area contributed by atoms with Gasteiger partial charge in [-0.05, 0) is 49.4 Å². The second kappa shape index (κ2) is 10.4. The van der Waals surface area contributed by atoms with Gasteiger partial charge in [0.25, 0.3) is 0 Å². The molecule has 0 bridgehead atoms. The van der Waals surface area contributed by atoms with E-state index in [2.05, 4.69) is 66.8 Å². The zero-order valence-corrected chi connectivity index (χ0v) is 19.5. The maximum atomic E-state index is 12.6. The van der Waals surface area contributed by atoms with Crippen molar-refractivity contribution in [3.05, 3.63) is 83.3 Å². The van der Waals surface area contributed by atoms with Crippen molar-refractivity contribution in [2.75, 3.05) is 18.4 Å². The Balaban J connectivity index is 1.35. The number of anilines is 1. The van der Waals surface area contributed by atoms with Gasteiger partial charge in [0, 0.05) is 19.5 Å². The first-order valence-electron chi connectivity index (χ1n) is 11.5. The summed E-state index contributed by atoms with van der Waals surface area (Å²) in [4.78, 5) is 14.5. The van der Waals surface area contributed by atoms with Crippen molar-refractivity contribution in [2.24, 2.45) is 5.92 Å². The summed E-state index contributed by atoms with van der Waals surface area (Å²) in [6.45, 7) is 7.39. The minimum Gasteiger partial charge on any atom is -0.490 e. The number of piperidine rings is 1. The summed E-state index contributed by atoms with van der Waals surface area (Å²) in [7, 11) is 0. The number of nitrogens with one attached hydrogen (secondary N) is 1. The fourth-order valence-electron chi connectivity index (χ4n) is 4.17. The lowest BCUT2D eigenvalue weighted by Gasteiger charge is -2.33. The smallest absolute Gasteiger partial charge is 0.322 e. The Hall–Kier alpha value is -3.54. The molecule has 1 aliphatic heterocycles. The zero-order valence-electron chi connectivity index (χ0n) is 19.5. The van der Waals surface area contributed by atoms with Crippen LogP contribution in [0.25, 0.3) is 6.08 Å². The van der Waals surface area contributed by atoms with Crippen molar-refractivity contribution in [3.63, 3.8) is 0 Å². The number of hydrogen-bond donors (Lipinski definition) is 1. The molecule has 1 fully saturated rings. The van der Waals surface area contributed by atoms with Crippen LogP contribution in [0.5, 0.6) is 5.75 Å². The Morgan fingerprint density at radius 3 is 2.82 bits per heavy atom. The van der Waals surface area contributed by atoms with Gasteiger partial charge in [-0.1, -0.05) is 66.2 Å². The van der Waals surface area contributed by atoms with Gasteiger partial charge >= 0.3 is 6.03 Å². The second-order valence-electron chi connectivity index (χ2n) is 8.73. The van der Waals surface area contributed by atoms with Gasteiger partial charge in [-0.3, -0.25) is 0 Å². The highest BCUT2D eigenvalue weighted by Gasteiger charge is 2.25. The summed E-state index contributed by atoms with van der Waals surface area (Å²) >= 11 is 0. The van der Waals surface area contributed by atoms with E-state index in [1.165, 1.54) is 17.3 Å². The standard InChI is InChI=1S/C27H31N3O3/c1-19-18-30(27(31)29-26-17-28-33-21(26)3)13-12-24(19)15-23-10-7-11-25(16-23)32-20(2)14-22-8-5-4-6-9-22/h4-11,15-17,19-20H,12-14,18H2,1-3H3,(H,29,31). The molecule has 6 heteroatoms. The highest BCUT2D eigenvalue weighted by molar-refractivity contribution is 5.89. The molecule has 1 saturated heterocycles. The Morgan fingerprint density at radius 1 is 1.27 bits per heavy atom. The number of rotatable bonds is 6. The van der Waals surface area contributed by atoms with Crippen LogP contribution in [-0.4, -0.2) is 35.3 Å². The number of aryl methyl sites for hydroxylation is 1. The maximum absolute atomic E-state index is 12.6. The van der Waals surface area contributed by atoms with Crippen LogP contribution in [0, 0.1) is 12.8 Å². The quantitative estimate of drug-likeness (QED) is 0.509. The van der Waals surface area contributed by atoms with E-state index in [4.69, 9.17) is 9.26 Å². The van der Waals surface area contributed by atoms with Gasteiger partial charge in [-0.25, -0.2) is 4.79 Å². The monoisotopic (exact) mass is 445 g/mol. The molecule has 0 spiro atoms. The molecule has 2 atom stereocenters. The van der Waals surface area contributed by atoms with Crippen LogP contribution in [0.4, 0.5) is 10.5 Å². The first-order valence-corrected chi connectivity index (χ1v) is 11.5. The maximum Gasteiger partial charge on any atom is 0.322 e. The lowest BCUT2D eigenvalue weighted by molar-refractivity contribution is 0.197. The van der Waals surface area contributed by atoms with Gasteiger partial charge in [-0.2, -0.15) is 0 Å². The molecule has 2 amide bonds. The Bertz CT molecular complexity index is 1110. The topological polar surface area (TPSA) is 67.6 Å². The summed E-state index contributed by atoms with van der Waals surface area (Å²) in [6, 6.07) is 18.5. The third kappa shape index (κ3) is 6.04. The molecule has 6 nitrogen and oxygen atoms in total. The molecule has 172 valence electrons. The molecule has 4 rings (SSSR count). The van der Waals surface area contributed by atoms with Crippen molar-refractivity contribution in [3.8, 4) is 5.75 Å². The lowest BCUT2D eigenvalue weighted by atomic mass is 9.91. The highest BCUT2D eigenvalue weighted by atomic mass is 16.5. The highest BCUT2D eigenvalue weighted by Crippen LogP contribution is 2.27. The van der Waals surface area contributed by atoms with Crippen LogP contribution in [0.2, 0.25) is 0 Å². The van der Waals surface area contributed by atoms with Gasteiger partial charge in [0.2, 0.25) is 0 Å². The number of carbonyl (C=O) groups is 1. The molecule has 33 heavy (non-hydrogen) atoms. The molecule has 1 aromatic heterocycles. The predicted molar refractivity (Wildman–Crippen MR) is 130 cm³/mol. The summed E-state index contributed by atoms with van der Waals surface area (Å²) in [5, 5.41) is 6.59. The summed E-state index contributed by atoms with van der Waals surface area (Å²) in [6.07, 6.45) is 5.56. The Kier molecular flexibility index (Phi) is 7.13. The summed E-state index contributed by atoms with van der Waals surface area (Å²) < 4.78 is 11.2. The van der Waals surface area contributed by atoms with Crippen molar-refractivity contribution in [1.82, 2.24) is 10.1 Å². The van der Waals surface area contributed by atoms with Crippen LogP contribution in [0.15, 0.2) is 70.9 Å². The predicted octanol–water partition coefficient (Wildman–Crippen LogP) is 5.95. The van der Waals surface area contributed by atoms with E-state index in [1.807, 2.05) is 23.1 Å². The summed E-state index contributed by atoms with van der Waals surface area (Å²) in [5.41, 5.74) is 4.35. The molecule has 2 unspecified atom stereocenters. The first-order chi connectivity index (χ1) is 16.0. The minimum atomic E-state index is -0.116. The van der Waals surface area contributed by atoms with Crippen molar-refractivity contribution >= 4 is 17.8 Å². The van der Waals surface area contributed by atoms with Gasteiger partial charge in [-0.15, -0.1) is 0 Å². The number of ether oxygens (including phenoxy) is 1. The molecule has 1 aliphatic rings. The normalized spacial score (nSPS) is 18.2. The Morgan fingerprint density at radius 2 is 2.09 bits per heavy atom. The van der Waals surface area contributed by atoms with Gasteiger partial charge < -0.3 is 19.5 Å². The second-order valence-corrected chi connectivity index (χ2v) is 8.73. The number of amides is 2. The molecule has 2 heterocycles. The number of hydrogen-bond acceptors (Lipinski definition) is 4. The van der Waals surface area contributed by atoms with Crippen LogP contribution >= 0.6 is 0 Å². The molecular formula is C27H31N3O3. The average Bonchev–Trinajstić information content (AvgIpc) is 3.20. The molecule has 1 N–H and O–H groups in total. The number of urea groups is 1. The number of likely N-dealkylation sites (tertiary alicyclic amines) is 1. The SMILES string of the molecule is Cc1oncc1NC(=O)N1CCC(=Cc2cccc(OC(C)Cc3ccccc3)c2)C(C)C1. The lowest BCUT2D eigenvalue weighted by Crippen LogP contribution is -2.42. The molecule has 3 aromatic rings. The first kappa shape index (κ1) is 22.6. The fraction of sp³-hybridized carbons (Fsp3) is 0.333. The fourth-order valence-corrected chi connectivity index (χ4v) is 4.17. The van der Waals surface area contributed by atoms with Gasteiger partial charge in [0.1, 0.15) is 11.4 Å². The van der Waals surface area contributed by atoms with Gasteiger partial charge in [0.15, 0.2) is 5.76 Å². The third-order valence-electron chi connectivity index (χ3n) is 5.99. The molecule has 0 aliphatic carbocycles. The third-order valence-corrected chi connectivity index (χ3v) is 5.99. The number of nitrogens with zero attached hydrogens (tertiary/aromatic N) is 2. The van der Waals surface area contributed by atoms with E-state index >= 15 is 0 Å². The van der Waals surface area contributed by atoms with Crippen molar-refractivity contribution in [1.29, 1.82) is 0 Å². The van der Waals surface area contributed by atoms with E-state index < -0.39 is 0 Å². The van der Waals surface area contributed by atoms with E-state index in [9.17, 15) is 4.79 Å². The van der Waals surface area contributed by atoms with E-state index in [0.29, 0.717) is 24.5 Å². The average molecular weight is 446 g/mol. The molecule has 0 radical (unpaired) electrons. The van der Waals surface area contributed by atoms with E-state index in [-0.39, 0.29) is 18.1 Å². The van der Waals surface area contributed by atoms with Gasteiger partial charge in [0.05, 0.1) is 12.3 Å². The number of carbonyl (C=O) groups excluding carboxylic acids is 1. The van der Waals surface area contributed by atoms with Crippen molar-refractivity contribution < 1.29 is 14.1 Å². The minimum absolute atomic E-state index is 0.0880. The van der Waals surface area contributed by atoms with Crippen LogP contribution in [0.3, 0.4) is 0 Å². The number of benzene rings is 2. The number of aromatic nitrogens is 1. The van der Waals surface area contributed by atoms with Crippen LogP contribution in [0.1, 0.15) is 37.2 Å². The van der Waals surface area contributed by atoms with Crippen LogP contribution in [-0.2, 0) is 6.42 Å². The molecular weight excluding hydrogens is 414 g/mol. The summed E-state index contributed by atoms with van der Waals surface area (Å²) in [5.74, 6) is 1.75. The van der Waals surface area contributed by atoms with E-state index in [0.717, 1.165) is 24.2 Å². The largest absolute Gasteiger partial charge is 0.490 e. The van der Waals surface area contributed by atoms with Crippen LogP contribution < -0.4 is 10.1 Å². The Labute approximate surface area is 195 Å². The zero-order chi connectivity index (χ0) is 23.2. The molecule has 2 aromatic carbocycles. The molecule has 0 saturated carbocycles.